The molecule has 0 spiro atoms. The summed E-state index contributed by atoms with van der Waals surface area (Å²) in [6, 6.07) is 8.35. The molecule has 0 amide bonds. The third-order valence-electron chi connectivity index (χ3n) is 3.44. The third kappa shape index (κ3) is 4.00. The van der Waals surface area contributed by atoms with Crippen LogP contribution in [0.25, 0.3) is 0 Å². The Bertz CT molecular complexity index is 354. The molecular formula is C15H25NO2. The van der Waals surface area contributed by atoms with Crippen molar-refractivity contribution in [2.75, 3.05) is 7.11 Å². The van der Waals surface area contributed by atoms with E-state index < -0.39 is 5.60 Å². The summed E-state index contributed by atoms with van der Waals surface area (Å²) < 4.78 is 5.16. The molecule has 0 aliphatic rings. The number of nitrogens with one attached hydrogen (secondary N) is 1. The van der Waals surface area contributed by atoms with Crippen LogP contribution in [-0.2, 0) is 0 Å². The van der Waals surface area contributed by atoms with Crippen LogP contribution < -0.4 is 10.1 Å². The van der Waals surface area contributed by atoms with Crippen molar-refractivity contribution in [3.8, 4) is 5.75 Å². The third-order valence-corrected chi connectivity index (χ3v) is 3.44. The minimum atomic E-state index is -0.722. The van der Waals surface area contributed by atoms with Crippen molar-refractivity contribution >= 4 is 0 Å². The van der Waals surface area contributed by atoms with Gasteiger partial charge in [-0.25, -0.2) is 0 Å². The van der Waals surface area contributed by atoms with E-state index >= 15 is 0 Å². The summed E-state index contributed by atoms with van der Waals surface area (Å²) in [6.45, 7) is 7.79. The van der Waals surface area contributed by atoms with Crippen LogP contribution in [0.15, 0.2) is 24.3 Å². The van der Waals surface area contributed by atoms with Crippen LogP contribution in [0.3, 0.4) is 0 Å². The summed E-state index contributed by atoms with van der Waals surface area (Å²) in [5.74, 6) is 0.865. The van der Waals surface area contributed by atoms with Crippen LogP contribution in [0.1, 0.15) is 45.7 Å². The first-order valence-electron chi connectivity index (χ1n) is 6.50. The van der Waals surface area contributed by atoms with Crippen molar-refractivity contribution in [1.82, 2.24) is 5.32 Å². The van der Waals surface area contributed by atoms with Gasteiger partial charge in [0.15, 0.2) is 0 Å². The van der Waals surface area contributed by atoms with E-state index in [1.807, 2.05) is 32.9 Å². The second-order valence-corrected chi connectivity index (χ2v) is 5.28. The Morgan fingerprint density at radius 3 is 2.22 bits per heavy atom. The zero-order valence-corrected chi connectivity index (χ0v) is 12.0. The van der Waals surface area contributed by atoms with Gasteiger partial charge in [0, 0.05) is 12.1 Å². The van der Waals surface area contributed by atoms with E-state index in [0.717, 1.165) is 12.2 Å². The molecule has 2 atom stereocenters. The Balaban J connectivity index is 2.76. The van der Waals surface area contributed by atoms with Gasteiger partial charge in [-0.05, 0) is 44.9 Å². The zero-order chi connectivity index (χ0) is 13.8. The average molecular weight is 251 g/mol. The maximum atomic E-state index is 9.98. The maximum absolute atomic E-state index is 9.98. The highest BCUT2D eigenvalue weighted by Crippen LogP contribution is 2.22. The largest absolute Gasteiger partial charge is 0.497 e. The van der Waals surface area contributed by atoms with E-state index in [2.05, 4.69) is 24.4 Å². The molecular weight excluding hydrogens is 226 g/mol. The standard InChI is InChI=1S/C15H25NO2/c1-6-14(16-11(2)15(3,4)17)12-7-9-13(18-5)10-8-12/h7-11,14,16-17H,6H2,1-5H3. The maximum Gasteiger partial charge on any atom is 0.118 e. The minimum Gasteiger partial charge on any atom is -0.497 e. The van der Waals surface area contributed by atoms with Crippen molar-refractivity contribution in [2.24, 2.45) is 0 Å². The van der Waals surface area contributed by atoms with E-state index in [1.54, 1.807) is 7.11 Å². The van der Waals surface area contributed by atoms with Crippen molar-refractivity contribution in [3.63, 3.8) is 0 Å². The predicted octanol–water partition coefficient (Wildman–Crippen LogP) is 2.90. The fourth-order valence-corrected chi connectivity index (χ4v) is 1.79. The molecule has 0 bridgehead atoms. The molecule has 0 aliphatic heterocycles. The van der Waals surface area contributed by atoms with Crippen LogP contribution in [0, 0.1) is 0 Å². The SMILES string of the molecule is CCC(NC(C)C(C)(C)O)c1ccc(OC)cc1. The lowest BCUT2D eigenvalue weighted by Crippen LogP contribution is -2.45. The number of rotatable bonds is 6. The predicted molar refractivity (Wildman–Crippen MR) is 74.9 cm³/mol. The first-order valence-corrected chi connectivity index (χ1v) is 6.50. The van der Waals surface area contributed by atoms with E-state index in [-0.39, 0.29) is 12.1 Å². The molecule has 0 fully saturated rings. The summed E-state index contributed by atoms with van der Waals surface area (Å²) >= 11 is 0. The Labute approximate surface area is 110 Å². The number of methoxy groups -OCH3 is 1. The molecule has 0 saturated carbocycles. The molecule has 0 aromatic heterocycles. The van der Waals surface area contributed by atoms with Crippen LogP contribution in [0.5, 0.6) is 5.75 Å². The molecule has 2 N–H and O–H groups in total. The molecule has 1 rings (SSSR count). The lowest BCUT2D eigenvalue weighted by molar-refractivity contribution is 0.0395. The molecule has 1 aromatic carbocycles. The molecule has 3 heteroatoms. The normalized spacial score (nSPS) is 15.2. The van der Waals surface area contributed by atoms with Crippen LogP contribution in [-0.4, -0.2) is 23.9 Å². The van der Waals surface area contributed by atoms with Gasteiger partial charge in [0.2, 0.25) is 0 Å². The van der Waals surface area contributed by atoms with E-state index in [4.69, 9.17) is 4.74 Å². The lowest BCUT2D eigenvalue weighted by Gasteiger charge is -2.31. The van der Waals surface area contributed by atoms with Crippen LogP contribution in [0.4, 0.5) is 0 Å². The number of aliphatic hydroxyl groups is 1. The van der Waals surface area contributed by atoms with Gasteiger partial charge in [-0.2, -0.15) is 0 Å². The molecule has 0 radical (unpaired) electrons. The summed E-state index contributed by atoms with van der Waals surface area (Å²) in [5, 5.41) is 13.4. The summed E-state index contributed by atoms with van der Waals surface area (Å²) in [4.78, 5) is 0. The molecule has 3 nitrogen and oxygen atoms in total. The van der Waals surface area contributed by atoms with Crippen molar-refractivity contribution < 1.29 is 9.84 Å². The molecule has 102 valence electrons. The van der Waals surface area contributed by atoms with E-state index in [0.29, 0.717) is 0 Å². The second-order valence-electron chi connectivity index (χ2n) is 5.28. The highest BCUT2D eigenvalue weighted by atomic mass is 16.5. The van der Waals surface area contributed by atoms with Crippen molar-refractivity contribution in [1.29, 1.82) is 0 Å². The van der Waals surface area contributed by atoms with Gasteiger partial charge in [-0.1, -0.05) is 19.1 Å². The van der Waals surface area contributed by atoms with Gasteiger partial charge in [-0.3, -0.25) is 0 Å². The Morgan fingerprint density at radius 1 is 1.28 bits per heavy atom. The van der Waals surface area contributed by atoms with Gasteiger partial charge in [-0.15, -0.1) is 0 Å². The second kappa shape index (κ2) is 6.21. The summed E-state index contributed by atoms with van der Waals surface area (Å²) in [6.07, 6.45) is 0.979. The average Bonchev–Trinajstić information content (AvgIpc) is 2.34. The first-order chi connectivity index (χ1) is 8.38. The Hall–Kier alpha value is -1.06. The van der Waals surface area contributed by atoms with Gasteiger partial charge in [0.25, 0.3) is 0 Å². The molecule has 0 aliphatic carbocycles. The molecule has 0 heterocycles. The van der Waals surface area contributed by atoms with Gasteiger partial charge < -0.3 is 15.2 Å². The molecule has 2 unspecified atom stereocenters. The number of hydrogen-bond donors (Lipinski definition) is 2. The molecule has 1 aromatic rings. The summed E-state index contributed by atoms with van der Waals surface area (Å²) in [5.41, 5.74) is 0.495. The Kier molecular flexibility index (Phi) is 5.17. The highest BCUT2D eigenvalue weighted by molar-refractivity contribution is 5.29. The summed E-state index contributed by atoms with van der Waals surface area (Å²) in [7, 11) is 1.67. The minimum absolute atomic E-state index is 0.0320. The van der Waals surface area contributed by atoms with Crippen LogP contribution >= 0.6 is 0 Å². The van der Waals surface area contributed by atoms with Gasteiger partial charge >= 0.3 is 0 Å². The van der Waals surface area contributed by atoms with Crippen molar-refractivity contribution in [2.45, 2.75) is 51.8 Å². The number of hydrogen-bond acceptors (Lipinski definition) is 3. The zero-order valence-electron chi connectivity index (χ0n) is 12.0. The first kappa shape index (κ1) is 15.0. The quantitative estimate of drug-likeness (QED) is 0.817. The molecule has 0 saturated heterocycles. The van der Waals surface area contributed by atoms with Gasteiger partial charge in [0.05, 0.1) is 12.7 Å². The number of benzene rings is 1. The van der Waals surface area contributed by atoms with Crippen LogP contribution in [0.2, 0.25) is 0 Å². The monoisotopic (exact) mass is 251 g/mol. The molecule has 18 heavy (non-hydrogen) atoms. The van der Waals surface area contributed by atoms with Crippen molar-refractivity contribution in [3.05, 3.63) is 29.8 Å². The van der Waals surface area contributed by atoms with E-state index in [9.17, 15) is 5.11 Å². The fraction of sp³-hybridized carbons (Fsp3) is 0.600. The van der Waals surface area contributed by atoms with Gasteiger partial charge in [0.1, 0.15) is 5.75 Å². The smallest absolute Gasteiger partial charge is 0.118 e. The lowest BCUT2D eigenvalue weighted by atomic mass is 9.97. The Morgan fingerprint density at radius 2 is 1.83 bits per heavy atom. The number of ether oxygens (including phenoxy) is 1. The van der Waals surface area contributed by atoms with E-state index in [1.165, 1.54) is 5.56 Å². The highest BCUT2D eigenvalue weighted by Gasteiger charge is 2.24. The fourth-order valence-electron chi connectivity index (χ4n) is 1.79. The topological polar surface area (TPSA) is 41.5 Å².